The monoisotopic (exact) mass is 372 g/mol. The molecule has 2 rings (SSSR count). The molecule has 3 N–H and O–H groups in total. The van der Waals surface area contributed by atoms with Gasteiger partial charge in [-0.2, -0.15) is 0 Å². The standard InChI is InChI=1S/C23H32O4/c1-3-4-5-8-16(2)21(24)12-11-19-20-14-17(9-6-7-10-23(26)27)13-18(20)15-22(19)25/h6,9,11-13,16,18-22,24-25H,3,7-8,10,14-15H2,1-2H3,(H,26,27)/b9-6?,12-11-/t16?,18-,19-,20-,21+,22+/m0/s1. The predicted octanol–water partition coefficient (Wildman–Crippen LogP) is 3.71. The highest BCUT2D eigenvalue weighted by molar-refractivity contribution is 5.66. The Morgan fingerprint density at radius 1 is 1.41 bits per heavy atom. The highest BCUT2D eigenvalue weighted by Crippen LogP contribution is 2.47. The van der Waals surface area contributed by atoms with Crippen LogP contribution in [0.2, 0.25) is 0 Å². The van der Waals surface area contributed by atoms with Gasteiger partial charge in [-0.3, -0.25) is 4.79 Å². The van der Waals surface area contributed by atoms with E-state index in [2.05, 4.69) is 17.9 Å². The van der Waals surface area contributed by atoms with E-state index in [1.54, 1.807) is 0 Å². The molecular weight excluding hydrogens is 340 g/mol. The molecule has 0 heterocycles. The Hall–Kier alpha value is -1.83. The van der Waals surface area contributed by atoms with Crippen molar-refractivity contribution in [2.75, 3.05) is 0 Å². The van der Waals surface area contributed by atoms with Crippen LogP contribution in [-0.2, 0) is 4.79 Å². The first-order valence-corrected chi connectivity index (χ1v) is 10.0. The third-order valence-corrected chi connectivity index (χ3v) is 5.60. The van der Waals surface area contributed by atoms with Crippen LogP contribution in [0.15, 0.2) is 36.0 Å². The lowest BCUT2D eigenvalue weighted by Gasteiger charge is -2.19. The van der Waals surface area contributed by atoms with Gasteiger partial charge in [0, 0.05) is 25.2 Å². The molecule has 2 aliphatic rings. The Morgan fingerprint density at radius 2 is 2.19 bits per heavy atom. The van der Waals surface area contributed by atoms with Gasteiger partial charge in [0.2, 0.25) is 0 Å². The van der Waals surface area contributed by atoms with E-state index >= 15 is 0 Å². The number of aliphatic hydroxyl groups excluding tert-OH is 2. The van der Waals surface area contributed by atoms with Crippen molar-refractivity contribution < 1.29 is 20.1 Å². The summed E-state index contributed by atoms with van der Waals surface area (Å²) in [6.07, 6.45) is 12.9. The van der Waals surface area contributed by atoms with E-state index in [1.807, 2.05) is 38.2 Å². The Kier molecular flexibility index (Phi) is 8.34. The van der Waals surface area contributed by atoms with Gasteiger partial charge in [-0.1, -0.05) is 49.8 Å². The molecule has 27 heavy (non-hydrogen) atoms. The third kappa shape index (κ3) is 6.37. The number of fused-ring (bicyclic) bond motifs is 1. The van der Waals surface area contributed by atoms with Gasteiger partial charge in [-0.25, -0.2) is 0 Å². The summed E-state index contributed by atoms with van der Waals surface area (Å²) in [5, 5.41) is 29.4. The van der Waals surface area contributed by atoms with Crippen LogP contribution in [0.4, 0.5) is 0 Å². The van der Waals surface area contributed by atoms with E-state index in [1.165, 1.54) is 5.57 Å². The summed E-state index contributed by atoms with van der Waals surface area (Å²) in [6.45, 7) is 4.00. The van der Waals surface area contributed by atoms with E-state index in [0.717, 1.165) is 19.3 Å². The lowest BCUT2D eigenvalue weighted by atomic mass is 9.88. The Bertz CT molecular complexity index is 649. The summed E-state index contributed by atoms with van der Waals surface area (Å²) in [5.41, 5.74) is 1.23. The maximum Gasteiger partial charge on any atom is 0.303 e. The Labute approximate surface area is 162 Å². The first kappa shape index (κ1) is 21.5. The average molecular weight is 373 g/mol. The maximum absolute atomic E-state index is 10.6. The molecule has 0 aliphatic heterocycles. The molecular formula is C23H32O4. The second-order valence-corrected chi connectivity index (χ2v) is 7.75. The molecule has 1 unspecified atom stereocenters. The quantitative estimate of drug-likeness (QED) is 0.448. The molecule has 6 atom stereocenters. The van der Waals surface area contributed by atoms with E-state index in [4.69, 9.17) is 5.11 Å². The van der Waals surface area contributed by atoms with Crippen LogP contribution in [-0.4, -0.2) is 33.5 Å². The first-order valence-electron chi connectivity index (χ1n) is 10.0. The molecule has 0 aromatic heterocycles. The summed E-state index contributed by atoms with van der Waals surface area (Å²) in [6, 6.07) is 0. The number of carbonyl (C=O) groups is 1. The number of hydrogen-bond acceptors (Lipinski definition) is 3. The molecule has 0 bridgehead atoms. The van der Waals surface area contributed by atoms with Crippen LogP contribution in [0.3, 0.4) is 0 Å². The number of hydrogen-bond donors (Lipinski definition) is 3. The van der Waals surface area contributed by atoms with Crippen LogP contribution < -0.4 is 0 Å². The zero-order chi connectivity index (χ0) is 19.8. The average Bonchev–Trinajstić information content (AvgIpc) is 3.13. The molecule has 0 radical (unpaired) electrons. The fourth-order valence-electron chi connectivity index (χ4n) is 4.02. The van der Waals surface area contributed by atoms with Crippen molar-refractivity contribution in [2.24, 2.45) is 23.7 Å². The maximum atomic E-state index is 10.6. The molecule has 4 heteroatoms. The highest BCUT2D eigenvalue weighted by Gasteiger charge is 2.43. The second-order valence-electron chi connectivity index (χ2n) is 7.75. The Morgan fingerprint density at radius 3 is 2.89 bits per heavy atom. The zero-order valence-electron chi connectivity index (χ0n) is 16.3. The lowest BCUT2D eigenvalue weighted by molar-refractivity contribution is -0.136. The van der Waals surface area contributed by atoms with Crippen molar-refractivity contribution in [1.29, 1.82) is 0 Å². The summed E-state index contributed by atoms with van der Waals surface area (Å²) in [4.78, 5) is 10.6. The van der Waals surface area contributed by atoms with E-state index < -0.39 is 12.1 Å². The van der Waals surface area contributed by atoms with Gasteiger partial charge < -0.3 is 15.3 Å². The van der Waals surface area contributed by atoms with Crippen LogP contribution in [0.1, 0.15) is 52.4 Å². The highest BCUT2D eigenvalue weighted by atomic mass is 16.4. The van der Waals surface area contributed by atoms with Crippen molar-refractivity contribution in [1.82, 2.24) is 0 Å². The molecule has 0 aromatic carbocycles. The number of carboxylic acid groups (broad SMARTS) is 1. The molecule has 0 spiro atoms. The smallest absolute Gasteiger partial charge is 0.303 e. The summed E-state index contributed by atoms with van der Waals surface area (Å²) < 4.78 is 0. The Balaban J connectivity index is 1.89. The van der Waals surface area contributed by atoms with Crippen LogP contribution in [0.25, 0.3) is 0 Å². The fraction of sp³-hybridized carbons (Fsp3) is 0.609. The first-order chi connectivity index (χ1) is 12.9. The number of aliphatic hydroxyl groups is 2. The summed E-state index contributed by atoms with van der Waals surface area (Å²) in [5.74, 6) is 6.18. The van der Waals surface area contributed by atoms with E-state index in [0.29, 0.717) is 24.7 Å². The lowest BCUT2D eigenvalue weighted by Crippen LogP contribution is -2.19. The fourth-order valence-corrected chi connectivity index (χ4v) is 4.02. The zero-order valence-corrected chi connectivity index (χ0v) is 16.3. The minimum absolute atomic E-state index is 0.0553. The SMILES string of the molecule is CCC#CCC(C)[C@H](O)/C=C\[C@H]1[C@H]2CC(C=CCCC(=O)O)=C[C@H]2C[C@H]1O. The van der Waals surface area contributed by atoms with Crippen molar-refractivity contribution in [3.05, 3.63) is 36.0 Å². The minimum Gasteiger partial charge on any atom is -0.481 e. The summed E-state index contributed by atoms with van der Waals surface area (Å²) >= 11 is 0. The normalized spacial score (nSPS) is 29.4. The van der Waals surface area contributed by atoms with Crippen molar-refractivity contribution in [2.45, 2.75) is 64.6 Å². The minimum atomic E-state index is -0.779. The third-order valence-electron chi connectivity index (χ3n) is 5.60. The molecule has 1 fully saturated rings. The van der Waals surface area contributed by atoms with Gasteiger partial charge >= 0.3 is 5.97 Å². The molecule has 0 aromatic rings. The van der Waals surface area contributed by atoms with Crippen molar-refractivity contribution in [3.63, 3.8) is 0 Å². The number of carboxylic acids is 1. The number of rotatable bonds is 8. The van der Waals surface area contributed by atoms with Gasteiger partial charge in [0.1, 0.15) is 0 Å². The van der Waals surface area contributed by atoms with Crippen molar-refractivity contribution >= 4 is 5.97 Å². The largest absolute Gasteiger partial charge is 0.481 e. The number of allylic oxidation sites excluding steroid dienone is 4. The number of aliphatic carboxylic acids is 1. The van der Waals surface area contributed by atoms with Crippen molar-refractivity contribution in [3.8, 4) is 11.8 Å². The van der Waals surface area contributed by atoms with Gasteiger partial charge in [0.15, 0.2) is 0 Å². The van der Waals surface area contributed by atoms with Gasteiger partial charge in [0.05, 0.1) is 12.2 Å². The molecule has 1 saturated carbocycles. The second kappa shape index (κ2) is 10.5. The summed E-state index contributed by atoms with van der Waals surface area (Å²) in [7, 11) is 0. The van der Waals surface area contributed by atoms with Gasteiger partial charge in [-0.05, 0) is 37.0 Å². The van der Waals surface area contributed by atoms with Crippen LogP contribution in [0, 0.1) is 35.5 Å². The van der Waals surface area contributed by atoms with Crippen LogP contribution in [0.5, 0.6) is 0 Å². The van der Waals surface area contributed by atoms with Gasteiger partial charge in [-0.15, -0.1) is 11.8 Å². The topological polar surface area (TPSA) is 77.8 Å². The van der Waals surface area contributed by atoms with E-state index in [9.17, 15) is 15.0 Å². The van der Waals surface area contributed by atoms with E-state index in [-0.39, 0.29) is 24.4 Å². The molecule has 2 aliphatic carbocycles. The molecule has 4 nitrogen and oxygen atoms in total. The van der Waals surface area contributed by atoms with Crippen LogP contribution >= 0.6 is 0 Å². The molecule has 148 valence electrons. The predicted molar refractivity (Wildman–Crippen MR) is 107 cm³/mol. The molecule has 0 saturated heterocycles. The van der Waals surface area contributed by atoms with Gasteiger partial charge in [0.25, 0.3) is 0 Å². The molecule has 0 amide bonds.